The van der Waals surface area contributed by atoms with Crippen LogP contribution in [0, 0.1) is 12.3 Å². The summed E-state index contributed by atoms with van der Waals surface area (Å²) in [6.07, 6.45) is 6.44. The van der Waals surface area contributed by atoms with Crippen molar-refractivity contribution in [1.82, 2.24) is 9.97 Å². The lowest BCUT2D eigenvalue weighted by atomic mass is 10.4. The van der Waals surface area contributed by atoms with Crippen molar-refractivity contribution in [3.05, 3.63) is 22.2 Å². The van der Waals surface area contributed by atoms with Crippen LogP contribution in [0.25, 0.3) is 0 Å². The Bertz CT molecular complexity index is 290. The van der Waals surface area contributed by atoms with Gasteiger partial charge in [-0.2, -0.15) is 0 Å². The molecule has 0 aliphatic carbocycles. The van der Waals surface area contributed by atoms with Crippen LogP contribution in [-0.2, 0) is 0 Å². The number of rotatable bonds is 0. The lowest BCUT2D eigenvalue weighted by molar-refractivity contribution is 1.16. The molecule has 0 radical (unpaired) electrons. The number of terminal acetylenes is 1. The Morgan fingerprint density at radius 1 is 1.50 bits per heavy atom. The van der Waals surface area contributed by atoms with E-state index in [0.717, 1.165) is 0 Å². The normalized spacial score (nSPS) is 8.90. The Hall–Kier alpha value is -0.780. The number of nitrogens with zero attached hydrogens (tertiary/aromatic N) is 2. The smallest absolute Gasteiger partial charge is 0.223 e. The van der Waals surface area contributed by atoms with Crippen LogP contribution in [0.3, 0.4) is 0 Å². The van der Waals surface area contributed by atoms with Crippen molar-refractivity contribution in [1.29, 1.82) is 0 Å². The van der Waals surface area contributed by atoms with E-state index >= 15 is 0 Å². The van der Waals surface area contributed by atoms with Crippen molar-refractivity contribution in [3.8, 4) is 12.3 Å². The van der Waals surface area contributed by atoms with Crippen LogP contribution >= 0.6 is 23.2 Å². The number of hydrogen-bond acceptors (Lipinski definition) is 2. The van der Waals surface area contributed by atoms with Crippen LogP contribution in [0.1, 0.15) is 5.56 Å². The Labute approximate surface area is 68.2 Å². The maximum atomic E-state index is 5.55. The third-order valence-corrected chi connectivity index (χ3v) is 1.34. The van der Waals surface area contributed by atoms with E-state index in [-0.39, 0.29) is 10.4 Å². The molecule has 50 valence electrons. The molecule has 0 aliphatic rings. The fourth-order valence-electron chi connectivity index (χ4n) is 0.438. The Balaban J connectivity index is 3.23. The quantitative estimate of drug-likeness (QED) is 0.339. The molecule has 4 heteroatoms. The molecule has 0 aromatic carbocycles. The lowest BCUT2D eigenvalue weighted by Crippen LogP contribution is -1.85. The Kier molecular flexibility index (Phi) is 2.10. The van der Waals surface area contributed by atoms with Gasteiger partial charge in [-0.3, -0.25) is 0 Å². The van der Waals surface area contributed by atoms with Crippen LogP contribution in [0.4, 0.5) is 0 Å². The maximum absolute atomic E-state index is 5.55. The van der Waals surface area contributed by atoms with Crippen LogP contribution in [0.2, 0.25) is 10.4 Å². The van der Waals surface area contributed by atoms with Crippen molar-refractivity contribution in [2.24, 2.45) is 0 Å². The molecule has 2 nitrogen and oxygen atoms in total. The first-order valence-corrected chi connectivity index (χ1v) is 3.14. The van der Waals surface area contributed by atoms with Gasteiger partial charge in [0.05, 0.1) is 5.56 Å². The van der Waals surface area contributed by atoms with Gasteiger partial charge in [0.25, 0.3) is 0 Å². The van der Waals surface area contributed by atoms with Gasteiger partial charge >= 0.3 is 0 Å². The van der Waals surface area contributed by atoms with Crippen molar-refractivity contribution >= 4 is 23.2 Å². The summed E-state index contributed by atoms with van der Waals surface area (Å²) in [5.74, 6) is 2.31. The Morgan fingerprint density at radius 2 is 2.20 bits per heavy atom. The summed E-state index contributed by atoms with van der Waals surface area (Å²) in [4.78, 5) is 7.26. The van der Waals surface area contributed by atoms with E-state index in [0.29, 0.717) is 5.56 Å². The van der Waals surface area contributed by atoms with Gasteiger partial charge in [-0.25, -0.2) is 9.97 Å². The molecule has 1 rings (SSSR count). The van der Waals surface area contributed by atoms with Gasteiger partial charge in [-0.05, 0) is 11.6 Å². The largest absolute Gasteiger partial charge is 0.225 e. The molecule has 0 N–H and O–H groups in total. The van der Waals surface area contributed by atoms with Gasteiger partial charge in [-0.1, -0.05) is 17.5 Å². The molecule has 1 aromatic rings. The van der Waals surface area contributed by atoms with Gasteiger partial charge in [0.2, 0.25) is 5.28 Å². The van der Waals surface area contributed by atoms with E-state index in [4.69, 9.17) is 29.6 Å². The molecule has 0 bridgehead atoms. The van der Waals surface area contributed by atoms with E-state index in [2.05, 4.69) is 15.9 Å². The highest BCUT2D eigenvalue weighted by molar-refractivity contribution is 6.32. The third kappa shape index (κ3) is 1.38. The molecule has 0 unspecified atom stereocenters. The molecule has 0 saturated carbocycles. The molecule has 10 heavy (non-hydrogen) atoms. The number of aromatic nitrogens is 2. The summed E-state index contributed by atoms with van der Waals surface area (Å²) in [7, 11) is 0. The lowest BCUT2D eigenvalue weighted by Gasteiger charge is -1.92. The predicted octanol–water partition coefficient (Wildman–Crippen LogP) is 1.76. The average Bonchev–Trinajstić information content (AvgIpc) is 1.88. The van der Waals surface area contributed by atoms with Crippen LogP contribution in [0.5, 0.6) is 0 Å². The molecule has 0 atom stereocenters. The van der Waals surface area contributed by atoms with E-state index in [1.165, 1.54) is 6.20 Å². The van der Waals surface area contributed by atoms with Gasteiger partial charge in [-0.15, -0.1) is 6.42 Å². The first kappa shape index (κ1) is 7.33. The predicted molar refractivity (Wildman–Crippen MR) is 40.0 cm³/mol. The van der Waals surface area contributed by atoms with Crippen LogP contribution < -0.4 is 0 Å². The number of halogens is 2. The van der Waals surface area contributed by atoms with E-state index in [1.807, 2.05) is 0 Å². The van der Waals surface area contributed by atoms with Gasteiger partial charge in [0.1, 0.15) is 5.15 Å². The summed E-state index contributed by atoms with van der Waals surface area (Å²) < 4.78 is 0. The average molecular weight is 173 g/mol. The molecular weight excluding hydrogens is 171 g/mol. The molecule has 1 aromatic heterocycles. The molecule has 0 amide bonds. The van der Waals surface area contributed by atoms with Crippen molar-refractivity contribution in [2.75, 3.05) is 0 Å². The minimum absolute atomic E-state index is 0.101. The summed E-state index contributed by atoms with van der Waals surface area (Å²) in [5.41, 5.74) is 0.450. The standard InChI is InChI=1S/C6H2Cl2N2/c1-2-4-3-9-6(8)10-5(4)7/h1,3H. The molecule has 0 aliphatic heterocycles. The zero-order valence-electron chi connectivity index (χ0n) is 4.81. The second-order valence-electron chi connectivity index (χ2n) is 1.49. The topological polar surface area (TPSA) is 25.8 Å². The summed E-state index contributed by atoms with van der Waals surface area (Å²) >= 11 is 11.0. The minimum atomic E-state index is 0.101. The van der Waals surface area contributed by atoms with E-state index in [9.17, 15) is 0 Å². The fraction of sp³-hybridized carbons (Fsp3) is 0. The highest BCUT2D eigenvalue weighted by Crippen LogP contribution is 2.11. The third-order valence-electron chi connectivity index (χ3n) is 0.868. The summed E-state index contributed by atoms with van der Waals surface area (Å²) in [5, 5.41) is 0.312. The zero-order chi connectivity index (χ0) is 7.56. The van der Waals surface area contributed by atoms with Gasteiger partial charge < -0.3 is 0 Å². The highest BCUT2D eigenvalue weighted by atomic mass is 35.5. The molecule has 1 heterocycles. The van der Waals surface area contributed by atoms with Crippen molar-refractivity contribution < 1.29 is 0 Å². The fourth-order valence-corrected chi connectivity index (χ4v) is 0.798. The zero-order valence-corrected chi connectivity index (χ0v) is 6.32. The monoisotopic (exact) mass is 172 g/mol. The Morgan fingerprint density at radius 3 is 2.70 bits per heavy atom. The van der Waals surface area contributed by atoms with E-state index < -0.39 is 0 Å². The molecule has 0 fully saturated rings. The van der Waals surface area contributed by atoms with Gasteiger partial charge in [0.15, 0.2) is 0 Å². The first-order valence-electron chi connectivity index (χ1n) is 2.38. The highest BCUT2D eigenvalue weighted by Gasteiger charge is 1.98. The number of hydrogen-bond donors (Lipinski definition) is 0. The second kappa shape index (κ2) is 2.87. The molecule has 0 spiro atoms. The first-order chi connectivity index (χ1) is 4.74. The minimum Gasteiger partial charge on any atom is -0.225 e. The van der Waals surface area contributed by atoms with Crippen LogP contribution in [0.15, 0.2) is 6.20 Å². The van der Waals surface area contributed by atoms with Crippen LogP contribution in [-0.4, -0.2) is 9.97 Å². The molecule has 0 saturated heterocycles. The van der Waals surface area contributed by atoms with Crippen molar-refractivity contribution in [3.63, 3.8) is 0 Å². The molecular formula is C6H2Cl2N2. The van der Waals surface area contributed by atoms with Gasteiger partial charge in [0, 0.05) is 6.20 Å². The second-order valence-corrected chi connectivity index (χ2v) is 2.18. The summed E-state index contributed by atoms with van der Waals surface area (Å²) in [6.45, 7) is 0. The van der Waals surface area contributed by atoms with Crippen molar-refractivity contribution in [2.45, 2.75) is 0 Å². The summed E-state index contributed by atoms with van der Waals surface area (Å²) in [6, 6.07) is 0. The SMILES string of the molecule is C#Cc1cnc(Cl)nc1Cl. The van der Waals surface area contributed by atoms with E-state index in [1.54, 1.807) is 0 Å². The maximum Gasteiger partial charge on any atom is 0.223 e.